The molecular formula is C20H24N2O3. The molecule has 0 spiro atoms. The predicted octanol–water partition coefficient (Wildman–Crippen LogP) is 4.04. The molecule has 0 N–H and O–H groups in total. The summed E-state index contributed by atoms with van der Waals surface area (Å²) in [5.41, 5.74) is 1.48. The Hall–Kier alpha value is -2.56. The summed E-state index contributed by atoms with van der Waals surface area (Å²) in [6.45, 7) is 2.52. The first-order valence-corrected chi connectivity index (χ1v) is 8.80. The maximum atomic E-state index is 12.1. The van der Waals surface area contributed by atoms with Crippen LogP contribution in [0.1, 0.15) is 48.5 Å². The van der Waals surface area contributed by atoms with Gasteiger partial charge in [0.15, 0.2) is 17.3 Å². The fourth-order valence-electron chi connectivity index (χ4n) is 3.00. The second-order valence-corrected chi connectivity index (χ2v) is 6.26. The zero-order valence-corrected chi connectivity index (χ0v) is 14.8. The number of hydrogen-bond donors (Lipinski definition) is 0. The van der Waals surface area contributed by atoms with E-state index in [0.717, 1.165) is 29.9 Å². The molecule has 1 aliphatic rings. The highest BCUT2D eigenvalue weighted by atomic mass is 16.5. The molecule has 1 fully saturated rings. The van der Waals surface area contributed by atoms with Crippen molar-refractivity contribution in [3.05, 3.63) is 47.8 Å². The third-order valence-corrected chi connectivity index (χ3v) is 4.28. The SMILES string of the molecule is CCOc1cc(/C=C/C(=O)c2cnn(C)c2)ccc1OC1CCCC1. The van der Waals surface area contributed by atoms with Crippen LogP contribution in [0.2, 0.25) is 0 Å². The molecule has 3 rings (SSSR count). The Balaban J connectivity index is 1.73. The van der Waals surface area contributed by atoms with Crippen LogP contribution in [0, 0.1) is 0 Å². The lowest BCUT2D eigenvalue weighted by Crippen LogP contribution is -2.11. The van der Waals surface area contributed by atoms with Crippen LogP contribution in [0.4, 0.5) is 0 Å². The summed E-state index contributed by atoms with van der Waals surface area (Å²) in [5.74, 6) is 1.44. The molecule has 0 unspecified atom stereocenters. The van der Waals surface area contributed by atoms with Crippen molar-refractivity contribution >= 4 is 11.9 Å². The van der Waals surface area contributed by atoms with Crippen molar-refractivity contribution in [2.75, 3.05) is 6.61 Å². The Bertz CT molecular complexity index is 758. The smallest absolute Gasteiger partial charge is 0.189 e. The molecule has 1 heterocycles. The van der Waals surface area contributed by atoms with E-state index in [1.807, 2.05) is 25.1 Å². The van der Waals surface area contributed by atoms with Gasteiger partial charge in [0.25, 0.3) is 0 Å². The fourth-order valence-corrected chi connectivity index (χ4v) is 3.00. The lowest BCUT2D eigenvalue weighted by Gasteiger charge is -2.17. The maximum absolute atomic E-state index is 12.1. The molecule has 0 saturated heterocycles. The van der Waals surface area contributed by atoms with E-state index in [2.05, 4.69) is 5.10 Å². The molecule has 0 bridgehead atoms. The molecule has 0 aliphatic heterocycles. The van der Waals surface area contributed by atoms with Crippen molar-refractivity contribution in [2.45, 2.75) is 38.7 Å². The van der Waals surface area contributed by atoms with E-state index < -0.39 is 0 Å². The minimum atomic E-state index is -0.0719. The van der Waals surface area contributed by atoms with Gasteiger partial charge in [0, 0.05) is 13.2 Å². The third-order valence-electron chi connectivity index (χ3n) is 4.28. The molecule has 0 amide bonds. The number of hydrogen-bond acceptors (Lipinski definition) is 4. The Kier molecular flexibility index (Phi) is 5.53. The van der Waals surface area contributed by atoms with E-state index in [4.69, 9.17) is 9.47 Å². The van der Waals surface area contributed by atoms with Gasteiger partial charge >= 0.3 is 0 Å². The molecule has 132 valence electrons. The van der Waals surface area contributed by atoms with Crippen LogP contribution in [0.15, 0.2) is 36.7 Å². The van der Waals surface area contributed by atoms with Crippen LogP contribution in [-0.2, 0) is 7.05 Å². The van der Waals surface area contributed by atoms with Gasteiger partial charge in [-0.05, 0) is 56.4 Å². The Morgan fingerprint density at radius 3 is 2.80 bits per heavy atom. The average molecular weight is 340 g/mol. The molecule has 2 aromatic rings. The molecule has 25 heavy (non-hydrogen) atoms. The van der Waals surface area contributed by atoms with Gasteiger partial charge in [-0.2, -0.15) is 5.10 Å². The van der Waals surface area contributed by atoms with E-state index in [1.54, 1.807) is 36.3 Å². The van der Waals surface area contributed by atoms with Crippen LogP contribution in [0.25, 0.3) is 6.08 Å². The number of rotatable bonds is 7. The topological polar surface area (TPSA) is 53.3 Å². The van der Waals surface area contributed by atoms with Gasteiger partial charge in [0.1, 0.15) is 0 Å². The van der Waals surface area contributed by atoms with E-state index in [9.17, 15) is 4.79 Å². The van der Waals surface area contributed by atoms with E-state index in [-0.39, 0.29) is 11.9 Å². The molecule has 1 saturated carbocycles. The van der Waals surface area contributed by atoms with Crippen LogP contribution in [-0.4, -0.2) is 28.3 Å². The van der Waals surface area contributed by atoms with Gasteiger partial charge in [-0.3, -0.25) is 9.48 Å². The van der Waals surface area contributed by atoms with E-state index in [1.165, 1.54) is 12.8 Å². The molecule has 1 aromatic heterocycles. The summed E-state index contributed by atoms with van der Waals surface area (Å²) in [6.07, 6.45) is 11.6. The number of aryl methyl sites for hydroxylation is 1. The van der Waals surface area contributed by atoms with Gasteiger partial charge in [0.05, 0.1) is 24.5 Å². The first-order chi connectivity index (χ1) is 12.2. The monoisotopic (exact) mass is 340 g/mol. The minimum Gasteiger partial charge on any atom is -0.490 e. The quantitative estimate of drug-likeness (QED) is 0.564. The van der Waals surface area contributed by atoms with Crippen LogP contribution >= 0.6 is 0 Å². The van der Waals surface area contributed by atoms with Gasteiger partial charge in [-0.1, -0.05) is 12.1 Å². The average Bonchev–Trinajstić information content (AvgIpc) is 3.26. The van der Waals surface area contributed by atoms with E-state index >= 15 is 0 Å². The number of carbonyl (C=O) groups is 1. The molecule has 0 atom stereocenters. The number of nitrogens with zero attached hydrogens (tertiary/aromatic N) is 2. The van der Waals surface area contributed by atoms with Gasteiger partial charge in [-0.15, -0.1) is 0 Å². The van der Waals surface area contributed by atoms with Crippen molar-refractivity contribution < 1.29 is 14.3 Å². The third kappa shape index (κ3) is 4.50. The molecule has 0 radical (unpaired) electrons. The first kappa shape index (κ1) is 17.3. The standard InChI is InChI=1S/C20H24N2O3/c1-3-24-20-12-15(8-10-18(23)16-13-21-22(2)14-16)9-11-19(20)25-17-6-4-5-7-17/h8-14,17H,3-7H2,1-2H3/b10-8+. The van der Waals surface area contributed by atoms with Crippen molar-refractivity contribution in [3.8, 4) is 11.5 Å². The minimum absolute atomic E-state index is 0.0719. The molecule has 1 aromatic carbocycles. The number of ketones is 1. The second kappa shape index (κ2) is 8.01. The Labute approximate surface area is 148 Å². The molecule has 5 heteroatoms. The van der Waals surface area contributed by atoms with Crippen molar-refractivity contribution in [2.24, 2.45) is 7.05 Å². The fraction of sp³-hybridized carbons (Fsp3) is 0.400. The van der Waals surface area contributed by atoms with Crippen LogP contribution in [0.5, 0.6) is 11.5 Å². The lowest BCUT2D eigenvalue weighted by molar-refractivity contribution is 0.104. The number of allylic oxidation sites excluding steroid dienone is 1. The van der Waals surface area contributed by atoms with Gasteiger partial charge in [-0.25, -0.2) is 0 Å². The number of ether oxygens (including phenoxy) is 2. The highest BCUT2D eigenvalue weighted by molar-refractivity contribution is 6.06. The lowest BCUT2D eigenvalue weighted by atomic mass is 10.1. The summed E-state index contributed by atoms with van der Waals surface area (Å²) in [6, 6.07) is 5.79. The molecule has 1 aliphatic carbocycles. The summed E-state index contributed by atoms with van der Waals surface area (Å²) >= 11 is 0. The number of benzene rings is 1. The molecule has 5 nitrogen and oxygen atoms in total. The van der Waals surface area contributed by atoms with Crippen LogP contribution in [0.3, 0.4) is 0 Å². The van der Waals surface area contributed by atoms with Gasteiger partial charge < -0.3 is 9.47 Å². The first-order valence-electron chi connectivity index (χ1n) is 8.80. The maximum Gasteiger partial charge on any atom is 0.189 e. The van der Waals surface area contributed by atoms with Crippen molar-refractivity contribution in [1.82, 2.24) is 9.78 Å². The van der Waals surface area contributed by atoms with Crippen molar-refractivity contribution in [1.29, 1.82) is 0 Å². The largest absolute Gasteiger partial charge is 0.490 e. The number of carbonyl (C=O) groups excluding carboxylic acids is 1. The Morgan fingerprint density at radius 1 is 1.32 bits per heavy atom. The van der Waals surface area contributed by atoms with Crippen molar-refractivity contribution in [3.63, 3.8) is 0 Å². The predicted molar refractivity (Wildman–Crippen MR) is 97.1 cm³/mol. The zero-order valence-electron chi connectivity index (χ0n) is 14.8. The van der Waals surface area contributed by atoms with Crippen LogP contribution < -0.4 is 9.47 Å². The number of aromatic nitrogens is 2. The van der Waals surface area contributed by atoms with E-state index in [0.29, 0.717) is 12.2 Å². The zero-order chi connectivity index (χ0) is 17.6. The second-order valence-electron chi connectivity index (χ2n) is 6.26. The molecular weight excluding hydrogens is 316 g/mol. The summed E-state index contributed by atoms with van der Waals surface area (Å²) in [5, 5.41) is 4.02. The highest BCUT2D eigenvalue weighted by Gasteiger charge is 2.18. The summed E-state index contributed by atoms with van der Waals surface area (Å²) in [7, 11) is 1.79. The highest BCUT2D eigenvalue weighted by Crippen LogP contribution is 2.33. The summed E-state index contributed by atoms with van der Waals surface area (Å²) in [4.78, 5) is 12.1. The Morgan fingerprint density at radius 2 is 2.12 bits per heavy atom. The normalized spacial score (nSPS) is 15.0. The summed E-state index contributed by atoms with van der Waals surface area (Å²) < 4.78 is 13.4. The van der Waals surface area contributed by atoms with Gasteiger partial charge in [0.2, 0.25) is 0 Å².